The molecule has 1 aromatic heterocycles. The number of nitrogens with one attached hydrogen (secondary N) is 1. The van der Waals surface area contributed by atoms with E-state index in [0.717, 1.165) is 42.5 Å². The molecule has 0 unspecified atom stereocenters. The Morgan fingerprint density at radius 2 is 1.73 bits per heavy atom. The van der Waals surface area contributed by atoms with Crippen LogP contribution >= 0.6 is 11.3 Å². The first kappa shape index (κ1) is 20.3. The van der Waals surface area contributed by atoms with E-state index in [1.807, 2.05) is 6.92 Å². The fourth-order valence-corrected chi connectivity index (χ4v) is 5.32. The summed E-state index contributed by atoms with van der Waals surface area (Å²) in [5.41, 5.74) is 7.34. The predicted octanol–water partition coefficient (Wildman–Crippen LogP) is 3.64. The number of primary amides is 1. The van der Waals surface area contributed by atoms with Crippen molar-refractivity contribution in [2.75, 3.05) is 5.32 Å². The first-order valence-electron chi connectivity index (χ1n) is 10.0. The normalized spacial score (nSPS) is 16.7. The van der Waals surface area contributed by atoms with E-state index < -0.39 is 11.8 Å². The molecule has 2 heterocycles. The van der Waals surface area contributed by atoms with Crippen LogP contribution in [0.3, 0.4) is 0 Å². The standard InChI is InChI=1S/C22H23N3O4S/c1-11-12(2)30-20(17(11)18(23)26)24-19(27)13-8-9-15-16(10-13)22(29)25(21(15)28)14-6-4-3-5-7-14/h8-10,14H,3-7H2,1-2H3,(H2,23,26)(H,24,27). The summed E-state index contributed by atoms with van der Waals surface area (Å²) >= 11 is 1.28. The van der Waals surface area contributed by atoms with Crippen molar-refractivity contribution in [2.45, 2.75) is 52.0 Å². The van der Waals surface area contributed by atoms with E-state index in [1.165, 1.54) is 34.4 Å². The average molecular weight is 426 g/mol. The maximum absolute atomic E-state index is 12.9. The third-order valence-corrected chi connectivity index (χ3v) is 7.10. The van der Waals surface area contributed by atoms with Gasteiger partial charge >= 0.3 is 0 Å². The monoisotopic (exact) mass is 425 g/mol. The summed E-state index contributed by atoms with van der Waals surface area (Å²) in [6, 6.07) is 4.46. The Balaban J connectivity index is 1.60. The largest absolute Gasteiger partial charge is 0.365 e. The number of hydrogen-bond donors (Lipinski definition) is 2. The van der Waals surface area contributed by atoms with Gasteiger partial charge in [-0.1, -0.05) is 19.3 Å². The zero-order chi connectivity index (χ0) is 21.6. The van der Waals surface area contributed by atoms with Gasteiger partial charge < -0.3 is 11.1 Å². The van der Waals surface area contributed by atoms with Crippen LogP contribution in [-0.2, 0) is 0 Å². The number of hydrogen-bond acceptors (Lipinski definition) is 5. The van der Waals surface area contributed by atoms with Crippen molar-refractivity contribution in [2.24, 2.45) is 5.73 Å². The molecule has 1 saturated carbocycles. The van der Waals surface area contributed by atoms with Crippen LogP contribution in [0.4, 0.5) is 5.00 Å². The van der Waals surface area contributed by atoms with Gasteiger partial charge in [0.2, 0.25) is 0 Å². The lowest BCUT2D eigenvalue weighted by atomic mass is 9.94. The number of imide groups is 1. The summed E-state index contributed by atoms with van der Waals surface area (Å²) in [5, 5.41) is 3.11. The molecule has 156 valence electrons. The van der Waals surface area contributed by atoms with Gasteiger partial charge in [-0.05, 0) is 50.5 Å². The third kappa shape index (κ3) is 3.31. The molecule has 0 radical (unpaired) electrons. The van der Waals surface area contributed by atoms with Gasteiger partial charge in [-0.15, -0.1) is 11.3 Å². The second kappa shape index (κ2) is 7.68. The summed E-state index contributed by atoms with van der Waals surface area (Å²) in [7, 11) is 0. The molecule has 8 heteroatoms. The van der Waals surface area contributed by atoms with Gasteiger partial charge in [-0.2, -0.15) is 0 Å². The molecule has 4 amide bonds. The van der Waals surface area contributed by atoms with Crippen LogP contribution in [-0.4, -0.2) is 34.6 Å². The molecule has 4 rings (SSSR count). The van der Waals surface area contributed by atoms with Crippen LogP contribution in [0.2, 0.25) is 0 Å². The number of carbonyl (C=O) groups is 4. The first-order chi connectivity index (χ1) is 14.3. The Kier molecular flexibility index (Phi) is 5.19. The van der Waals surface area contributed by atoms with Crippen molar-refractivity contribution in [1.29, 1.82) is 0 Å². The molecular weight excluding hydrogens is 402 g/mol. The Morgan fingerprint density at radius 1 is 1.07 bits per heavy atom. The zero-order valence-electron chi connectivity index (χ0n) is 16.9. The zero-order valence-corrected chi connectivity index (χ0v) is 17.7. The van der Waals surface area contributed by atoms with Gasteiger partial charge in [0.25, 0.3) is 23.6 Å². The molecule has 1 aliphatic carbocycles. The molecule has 1 fully saturated rings. The number of nitrogens with two attached hydrogens (primary N) is 1. The van der Waals surface area contributed by atoms with Crippen molar-refractivity contribution < 1.29 is 19.2 Å². The maximum Gasteiger partial charge on any atom is 0.261 e. The minimum Gasteiger partial charge on any atom is -0.365 e. The maximum atomic E-state index is 12.9. The summed E-state index contributed by atoms with van der Waals surface area (Å²) < 4.78 is 0. The number of anilines is 1. The van der Waals surface area contributed by atoms with Gasteiger partial charge in [-0.3, -0.25) is 24.1 Å². The molecule has 1 aliphatic heterocycles. The van der Waals surface area contributed by atoms with E-state index in [9.17, 15) is 19.2 Å². The average Bonchev–Trinajstić information content (AvgIpc) is 3.14. The van der Waals surface area contributed by atoms with Gasteiger partial charge in [0, 0.05) is 16.5 Å². The highest BCUT2D eigenvalue weighted by molar-refractivity contribution is 7.16. The molecule has 2 aromatic rings. The van der Waals surface area contributed by atoms with E-state index in [1.54, 1.807) is 6.92 Å². The topological polar surface area (TPSA) is 110 Å². The molecule has 3 N–H and O–H groups in total. The van der Waals surface area contributed by atoms with Gasteiger partial charge in [0.1, 0.15) is 5.00 Å². The van der Waals surface area contributed by atoms with Gasteiger partial charge in [0.05, 0.1) is 16.7 Å². The van der Waals surface area contributed by atoms with Crippen LogP contribution in [0, 0.1) is 13.8 Å². The van der Waals surface area contributed by atoms with E-state index in [2.05, 4.69) is 5.32 Å². The number of thiophene rings is 1. The molecule has 1 aromatic carbocycles. The highest BCUT2D eigenvalue weighted by atomic mass is 32.1. The third-order valence-electron chi connectivity index (χ3n) is 5.98. The molecule has 0 bridgehead atoms. The fourth-order valence-electron chi connectivity index (χ4n) is 4.26. The highest BCUT2D eigenvalue weighted by Crippen LogP contribution is 2.34. The van der Waals surface area contributed by atoms with E-state index >= 15 is 0 Å². The minimum atomic E-state index is -0.606. The molecule has 7 nitrogen and oxygen atoms in total. The van der Waals surface area contributed by atoms with E-state index in [4.69, 9.17) is 5.73 Å². The van der Waals surface area contributed by atoms with Crippen LogP contribution in [0.5, 0.6) is 0 Å². The lowest BCUT2D eigenvalue weighted by molar-refractivity contribution is 0.0548. The Bertz CT molecular complexity index is 1080. The Morgan fingerprint density at radius 3 is 2.40 bits per heavy atom. The molecule has 0 atom stereocenters. The van der Waals surface area contributed by atoms with E-state index in [0.29, 0.717) is 16.1 Å². The summed E-state index contributed by atoms with van der Waals surface area (Å²) in [6.45, 7) is 3.63. The Labute approximate surface area is 178 Å². The van der Waals surface area contributed by atoms with Crippen molar-refractivity contribution in [1.82, 2.24) is 4.90 Å². The fraction of sp³-hybridized carbons (Fsp3) is 0.364. The minimum absolute atomic E-state index is 0.0707. The van der Waals surface area contributed by atoms with Crippen LogP contribution < -0.4 is 11.1 Å². The molecular formula is C22H23N3O4S. The number of amides is 4. The lowest BCUT2D eigenvalue weighted by Gasteiger charge is -2.29. The highest BCUT2D eigenvalue weighted by Gasteiger charge is 2.40. The molecule has 0 saturated heterocycles. The lowest BCUT2D eigenvalue weighted by Crippen LogP contribution is -2.40. The summed E-state index contributed by atoms with van der Waals surface area (Å²) in [6.07, 6.45) is 4.79. The Hall–Kier alpha value is -3.00. The van der Waals surface area contributed by atoms with Crippen LogP contribution in [0.1, 0.15) is 84.0 Å². The number of fused-ring (bicyclic) bond motifs is 1. The van der Waals surface area contributed by atoms with Crippen molar-refractivity contribution >= 4 is 40.0 Å². The first-order valence-corrected chi connectivity index (χ1v) is 10.8. The number of carbonyl (C=O) groups excluding carboxylic acids is 4. The van der Waals surface area contributed by atoms with Crippen molar-refractivity contribution in [3.05, 3.63) is 50.9 Å². The van der Waals surface area contributed by atoms with E-state index in [-0.39, 0.29) is 29.0 Å². The van der Waals surface area contributed by atoms with Crippen LogP contribution in [0.15, 0.2) is 18.2 Å². The molecule has 0 spiro atoms. The number of nitrogens with zero attached hydrogens (tertiary/aromatic N) is 1. The van der Waals surface area contributed by atoms with Crippen LogP contribution in [0.25, 0.3) is 0 Å². The SMILES string of the molecule is Cc1sc(NC(=O)c2ccc3c(c2)C(=O)N(C2CCCCC2)C3=O)c(C(N)=O)c1C. The summed E-state index contributed by atoms with van der Waals surface area (Å²) in [5.74, 6) is -1.69. The number of rotatable bonds is 4. The predicted molar refractivity (Wildman–Crippen MR) is 114 cm³/mol. The molecule has 30 heavy (non-hydrogen) atoms. The number of aryl methyl sites for hydroxylation is 1. The second-order valence-electron chi connectivity index (χ2n) is 7.84. The van der Waals surface area contributed by atoms with Crippen molar-refractivity contribution in [3.63, 3.8) is 0 Å². The quantitative estimate of drug-likeness (QED) is 0.729. The number of benzene rings is 1. The van der Waals surface area contributed by atoms with Crippen molar-refractivity contribution in [3.8, 4) is 0 Å². The van der Waals surface area contributed by atoms with Gasteiger partial charge in [-0.25, -0.2) is 0 Å². The summed E-state index contributed by atoms with van der Waals surface area (Å²) in [4.78, 5) is 52.6. The van der Waals surface area contributed by atoms with Gasteiger partial charge in [0.15, 0.2) is 0 Å². The molecule has 2 aliphatic rings. The smallest absolute Gasteiger partial charge is 0.261 e. The second-order valence-corrected chi connectivity index (χ2v) is 9.06.